The molecule has 1 heterocycles. The van der Waals surface area contributed by atoms with E-state index >= 15 is 0 Å². The van der Waals surface area contributed by atoms with E-state index in [4.69, 9.17) is 5.73 Å². The van der Waals surface area contributed by atoms with E-state index in [0.717, 1.165) is 12.1 Å². The standard InChI is InChI=1S/C23H16BrFN2O6/c24-13-7-15(28)18-12(19(13)29)6-11-8(16(18)9-2-1-3-14(25)20(9)30)4-5-10-17(11)22(32)27(21(10)31)23(26)33/h1-4,7,10-11,16-17,30H,5-6H2,(H2,26,33)/t10-,11+,16+,17-/m0/s1. The van der Waals surface area contributed by atoms with Crippen molar-refractivity contribution in [1.29, 1.82) is 0 Å². The van der Waals surface area contributed by atoms with Crippen LogP contribution in [0.2, 0.25) is 0 Å². The van der Waals surface area contributed by atoms with Crippen LogP contribution in [0.1, 0.15) is 24.3 Å². The lowest BCUT2D eigenvalue weighted by Crippen LogP contribution is -2.42. The number of carbonyl (C=O) groups excluding carboxylic acids is 5. The van der Waals surface area contributed by atoms with E-state index in [1.54, 1.807) is 6.08 Å². The van der Waals surface area contributed by atoms with Crippen molar-refractivity contribution in [1.82, 2.24) is 4.90 Å². The van der Waals surface area contributed by atoms with E-state index in [1.165, 1.54) is 12.1 Å². The molecular weight excluding hydrogens is 499 g/mol. The summed E-state index contributed by atoms with van der Waals surface area (Å²) in [6.45, 7) is 0. The van der Waals surface area contributed by atoms with Gasteiger partial charge in [-0.1, -0.05) is 23.8 Å². The van der Waals surface area contributed by atoms with E-state index in [-0.39, 0.29) is 34.0 Å². The maximum absolute atomic E-state index is 14.3. The Kier molecular flexibility index (Phi) is 4.75. The van der Waals surface area contributed by atoms with Gasteiger partial charge in [0.15, 0.2) is 23.1 Å². The number of nitrogens with two attached hydrogens (primary N) is 1. The van der Waals surface area contributed by atoms with Gasteiger partial charge in [-0.3, -0.25) is 19.2 Å². The van der Waals surface area contributed by atoms with Crippen molar-refractivity contribution in [3.05, 3.63) is 62.9 Å². The lowest BCUT2D eigenvalue weighted by molar-refractivity contribution is -0.136. The number of Topliss-reactive ketones (excluding diaryl/α,β-unsaturated/α-hetero) is 1. The Balaban J connectivity index is 1.73. The summed E-state index contributed by atoms with van der Waals surface area (Å²) in [5, 5.41) is 10.5. The first kappa shape index (κ1) is 21.4. The third-order valence-electron chi connectivity index (χ3n) is 6.88. The van der Waals surface area contributed by atoms with Crippen molar-refractivity contribution < 1.29 is 33.5 Å². The minimum atomic E-state index is -1.18. The van der Waals surface area contributed by atoms with E-state index in [0.29, 0.717) is 10.5 Å². The second-order valence-corrected chi connectivity index (χ2v) is 9.28. The number of phenols is 1. The van der Waals surface area contributed by atoms with E-state index < -0.39 is 64.7 Å². The number of allylic oxidation sites excluding steroid dienone is 6. The largest absolute Gasteiger partial charge is 0.505 e. The average Bonchev–Trinajstić information content (AvgIpc) is 3.03. The quantitative estimate of drug-likeness (QED) is 0.335. The second kappa shape index (κ2) is 7.31. The van der Waals surface area contributed by atoms with Gasteiger partial charge in [0.25, 0.3) is 0 Å². The van der Waals surface area contributed by atoms with Crippen LogP contribution in [0.25, 0.3) is 0 Å². The minimum absolute atomic E-state index is 0.0198. The molecule has 1 fully saturated rings. The molecule has 0 radical (unpaired) electrons. The molecule has 0 unspecified atom stereocenters. The third kappa shape index (κ3) is 2.90. The topological polar surface area (TPSA) is 135 Å². The SMILES string of the molecule is NC(=O)N1C(=O)[C@H]2[C@H](CC=C3[C@H](c4cccc(F)c4O)C4=C(C[C@H]32)C(=O)C(Br)=CC4=O)C1=O. The van der Waals surface area contributed by atoms with Crippen LogP contribution in [0.4, 0.5) is 9.18 Å². The summed E-state index contributed by atoms with van der Waals surface area (Å²) in [7, 11) is 0. The summed E-state index contributed by atoms with van der Waals surface area (Å²) in [6, 6.07) is 2.71. The zero-order valence-electron chi connectivity index (χ0n) is 16.9. The number of urea groups is 1. The monoisotopic (exact) mass is 514 g/mol. The molecule has 0 spiro atoms. The van der Waals surface area contributed by atoms with Gasteiger partial charge in [-0.25, -0.2) is 9.18 Å². The fourth-order valence-electron chi connectivity index (χ4n) is 5.54. The minimum Gasteiger partial charge on any atom is -0.505 e. The molecule has 0 aromatic heterocycles. The molecule has 4 aliphatic rings. The lowest BCUT2D eigenvalue weighted by Gasteiger charge is -2.42. The average molecular weight is 515 g/mol. The van der Waals surface area contributed by atoms with Crippen LogP contribution in [0, 0.1) is 23.6 Å². The molecule has 1 aromatic rings. The number of aromatic hydroxyl groups is 1. The molecule has 168 valence electrons. The number of fused-ring (bicyclic) bond motifs is 3. The zero-order valence-corrected chi connectivity index (χ0v) is 18.5. The highest BCUT2D eigenvalue weighted by Gasteiger charge is 2.57. The number of primary amides is 1. The molecule has 0 bridgehead atoms. The van der Waals surface area contributed by atoms with Gasteiger partial charge in [-0.15, -0.1) is 0 Å². The molecule has 1 aliphatic heterocycles. The Morgan fingerprint density at radius 3 is 2.58 bits per heavy atom. The molecule has 1 saturated heterocycles. The summed E-state index contributed by atoms with van der Waals surface area (Å²) >= 11 is 3.09. The lowest BCUT2D eigenvalue weighted by atomic mass is 9.59. The number of carbonyl (C=O) groups is 5. The first-order valence-corrected chi connectivity index (χ1v) is 11.0. The summed E-state index contributed by atoms with van der Waals surface area (Å²) < 4.78 is 14.3. The molecule has 33 heavy (non-hydrogen) atoms. The Bertz CT molecular complexity index is 1300. The highest BCUT2D eigenvalue weighted by Crippen LogP contribution is 2.56. The Labute approximate surface area is 194 Å². The predicted octanol–water partition coefficient (Wildman–Crippen LogP) is 2.37. The number of likely N-dealkylation sites (tertiary alicyclic amines) is 1. The summed E-state index contributed by atoms with van der Waals surface area (Å²) in [6.07, 6.45) is 2.90. The number of halogens is 2. The van der Waals surface area contributed by atoms with Crippen LogP contribution >= 0.6 is 15.9 Å². The number of hydrogen-bond donors (Lipinski definition) is 2. The molecule has 5 rings (SSSR count). The molecule has 4 atom stereocenters. The maximum Gasteiger partial charge on any atom is 0.328 e. The highest BCUT2D eigenvalue weighted by atomic mass is 79.9. The van der Waals surface area contributed by atoms with Crippen LogP contribution < -0.4 is 5.73 Å². The molecule has 3 aliphatic carbocycles. The van der Waals surface area contributed by atoms with Crippen LogP contribution in [0.15, 0.2) is 51.6 Å². The Hall–Kier alpha value is -3.40. The van der Waals surface area contributed by atoms with Gasteiger partial charge in [0.05, 0.1) is 16.3 Å². The van der Waals surface area contributed by atoms with E-state index in [1.807, 2.05) is 0 Å². The van der Waals surface area contributed by atoms with Crippen molar-refractivity contribution in [2.45, 2.75) is 18.8 Å². The van der Waals surface area contributed by atoms with Crippen molar-refractivity contribution in [2.75, 3.05) is 0 Å². The first-order chi connectivity index (χ1) is 15.6. The highest BCUT2D eigenvalue weighted by molar-refractivity contribution is 9.12. The summed E-state index contributed by atoms with van der Waals surface area (Å²) in [5.41, 5.74) is 6.09. The number of ketones is 2. The van der Waals surface area contributed by atoms with Crippen molar-refractivity contribution in [3.8, 4) is 5.75 Å². The van der Waals surface area contributed by atoms with Crippen LogP contribution in [0.5, 0.6) is 5.75 Å². The molecule has 1 aromatic carbocycles. The van der Waals surface area contributed by atoms with Gasteiger partial charge < -0.3 is 10.8 Å². The smallest absolute Gasteiger partial charge is 0.328 e. The number of nitrogens with zero attached hydrogens (tertiary/aromatic N) is 1. The van der Waals surface area contributed by atoms with Gasteiger partial charge >= 0.3 is 6.03 Å². The summed E-state index contributed by atoms with van der Waals surface area (Å²) in [4.78, 5) is 64.0. The number of phenolic OH excluding ortho intramolecular Hbond substituents is 1. The molecule has 10 heteroatoms. The van der Waals surface area contributed by atoms with Crippen LogP contribution in [-0.4, -0.2) is 39.4 Å². The molecule has 8 nitrogen and oxygen atoms in total. The predicted molar refractivity (Wildman–Crippen MR) is 114 cm³/mol. The van der Waals surface area contributed by atoms with Crippen LogP contribution in [0.3, 0.4) is 0 Å². The maximum atomic E-state index is 14.3. The molecule has 4 amide bonds. The molecule has 0 saturated carbocycles. The molecule has 3 N–H and O–H groups in total. The van der Waals surface area contributed by atoms with E-state index in [9.17, 15) is 33.5 Å². The van der Waals surface area contributed by atoms with E-state index in [2.05, 4.69) is 15.9 Å². The number of hydrogen-bond acceptors (Lipinski definition) is 6. The van der Waals surface area contributed by atoms with Gasteiger partial charge in [-0.05, 0) is 40.8 Å². The second-order valence-electron chi connectivity index (χ2n) is 8.42. The molecular formula is C23H16BrFN2O6. The van der Waals surface area contributed by atoms with Gasteiger partial charge in [0.1, 0.15) is 0 Å². The summed E-state index contributed by atoms with van der Waals surface area (Å²) in [5.74, 6) is -7.48. The van der Waals surface area contributed by atoms with Gasteiger partial charge in [0, 0.05) is 28.7 Å². The number of rotatable bonds is 1. The fourth-order valence-corrected chi connectivity index (χ4v) is 5.99. The number of amides is 4. The number of para-hydroxylation sites is 1. The Morgan fingerprint density at radius 2 is 1.88 bits per heavy atom. The van der Waals surface area contributed by atoms with Gasteiger partial charge in [-0.2, -0.15) is 4.90 Å². The first-order valence-electron chi connectivity index (χ1n) is 10.2. The third-order valence-corrected chi connectivity index (χ3v) is 7.47. The Morgan fingerprint density at radius 1 is 1.15 bits per heavy atom. The number of benzene rings is 1. The van der Waals surface area contributed by atoms with Crippen molar-refractivity contribution in [2.24, 2.45) is 23.5 Å². The zero-order chi connectivity index (χ0) is 23.8. The number of imide groups is 3. The normalized spacial score (nSPS) is 28.8. The fraction of sp³-hybridized carbons (Fsp3) is 0.261. The van der Waals surface area contributed by atoms with Crippen LogP contribution in [-0.2, 0) is 19.2 Å². The van der Waals surface area contributed by atoms with Crippen molar-refractivity contribution in [3.63, 3.8) is 0 Å². The van der Waals surface area contributed by atoms with Crippen molar-refractivity contribution >= 4 is 45.3 Å². The van der Waals surface area contributed by atoms with Gasteiger partial charge in [0.2, 0.25) is 11.8 Å².